The Hall–Kier alpha value is -0.220. The highest BCUT2D eigenvalue weighted by molar-refractivity contribution is 7.99. The molecule has 14 heavy (non-hydrogen) atoms. The summed E-state index contributed by atoms with van der Waals surface area (Å²) in [4.78, 5) is 14.0. The van der Waals surface area contributed by atoms with E-state index in [1.54, 1.807) is 0 Å². The Morgan fingerprint density at radius 1 is 1.29 bits per heavy atom. The highest BCUT2D eigenvalue weighted by Gasteiger charge is 2.22. The van der Waals surface area contributed by atoms with E-state index in [1.165, 1.54) is 0 Å². The van der Waals surface area contributed by atoms with Gasteiger partial charge in [-0.25, -0.2) is 0 Å². The molecule has 1 aliphatic heterocycles. The van der Waals surface area contributed by atoms with Gasteiger partial charge in [-0.2, -0.15) is 11.8 Å². The van der Waals surface area contributed by atoms with Crippen LogP contribution in [0.1, 0.15) is 20.8 Å². The molecule has 0 unspecified atom stereocenters. The second-order valence-electron chi connectivity index (χ2n) is 3.99. The maximum absolute atomic E-state index is 11.7. The molecule has 1 amide bonds. The summed E-state index contributed by atoms with van der Waals surface area (Å²) in [6.45, 7) is 8.07. The molecule has 0 aromatic rings. The first-order chi connectivity index (χ1) is 6.61. The highest BCUT2D eigenvalue weighted by Crippen LogP contribution is 2.12. The summed E-state index contributed by atoms with van der Waals surface area (Å²) in [6, 6.07) is 0.266. The van der Waals surface area contributed by atoms with E-state index in [0.29, 0.717) is 0 Å². The van der Waals surface area contributed by atoms with Gasteiger partial charge in [0.1, 0.15) is 0 Å². The first kappa shape index (κ1) is 11.9. The third-order valence-electron chi connectivity index (χ3n) is 2.40. The van der Waals surface area contributed by atoms with Crippen LogP contribution in [0.4, 0.5) is 0 Å². The van der Waals surface area contributed by atoms with Crippen molar-refractivity contribution >= 4 is 17.7 Å². The van der Waals surface area contributed by atoms with Crippen LogP contribution in [0.25, 0.3) is 0 Å². The highest BCUT2D eigenvalue weighted by atomic mass is 32.2. The molecule has 1 rings (SSSR count). The maximum Gasteiger partial charge on any atom is 0.237 e. The van der Waals surface area contributed by atoms with E-state index in [2.05, 4.69) is 10.2 Å². The lowest BCUT2D eigenvalue weighted by Crippen LogP contribution is -2.49. The number of carbonyl (C=O) groups is 1. The molecule has 1 aliphatic rings. The quantitative estimate of drug-likeness (QED) is 0.762. The number of rotatable bonds is 3. The van der Waals surface area contributed by atoms with Crippen molar-refractivity contribution in [3.63, 3.8) is 0 Å². The normalized spacial score (nSPS) is 20.9. The lowest BCUT2D eigenvalue weighted by molar-refractivity contribution is -0.126. The first-order valence-corrected chi connectivity index (χ1v) is 6.39. The maximum atomic E-state index is 11.7. The molecule has 0 bridgehead atoms. The first-order valence-electron chi connectivity index (χ1n) is 5.23. The van der Waals surface area contributed by atoms with Gasteiger partial charge in [-0.15, -0.1) is 0 Å². The lowest BCUT2D eigenvalue weighted by Gasteiger charge is -2.31. The average molecular weight is 216 g/mol. The summed E-state index contributed by atoms with van der Waals surface area (Å²) in [5.74, 6) is 2.46. The smallest absolute Gasteiger partial charge is 0.237 e. The summed E-state index contributed by atoms with van der Waals surface area (Å²) < 4.78 is 0. The fraction of sp³-hybridized carbons (Fsp3) is 0.900. The number of carbonyl (C=O) groups excluding carboxylic acids is 1. The largest absolute Gasteiger partial charge is 0.353 e. The fourth-order valence-corrected chi connectivity index (χ4v) is 2.47. The van der Waals surface area contributed by atoms with E-state index in [-0.39, 0.29) is 18.0 Å². The molecule has 1 saturated heterocycles. The summed E-state index contributed by atoms with van der Waals surface area (Å²) in [5.41, 5.74) is 0. The zero-order valence-corrected chi connectivity index (χ0v) is 10.1. The average Bonchev–Trinajstić information content (AvgIpc) is 2.17. The van der Waals surface area contributed by atoms with Crippen LogP contribution in [-0.2, 0) is 4.79 Å². The van der Waals surface area contributed by atoms with Crippen molar-refractivity contribution in [2.45, 2.75) is 32.9 Å². The van der Waals surface area contributed by atoms with E-state index >= 15 is 0 Å². The number of nitrogens with one attached hydrogen (secondary N) is 1. The minimum atomic E-state index is 0.0262. The van der Waals surface area contributed by atoms with Gasteiger partial charge in [0, 0.05) is 30.6 Å². The van der Waals surface area contributed by atoms with Gasteiger partial charge in [-0.1, -0.05) is 0 Å². The van der Waals surface area contributed by atoms with Crippen molar-refractivity contribution in [1.29, 1.82) is 0 Å². The van der Waals surface area contributed by atoms with E-state index in [0.717, 1.165) is 24.6 Å². The lowest BCUT2D eigenvalue weighted by atomic mass is 10.2. The van der Waals surface area contributed by atoms with Gasteiger partial charge in [-0.3, -0.25) is 9.69 Å². The minimum absolute atomic E-state index is 0.0262. The molecule has 3 nitrogen and oxygen atoms in total. The molecule has 82 valence electrons. The SMILES string of the molecule is CC(C)NC(=O)[C@H](C)N1CCSCC1. The molecular formula is C10H20N2OS. The van der Waals surface area contributed by atoms with Crippen LogP contribution in [-0.4, -0.2) is 47.5 Å². The molecule has 1 atom stereocenters. The summed E-state index contributed by atoms with van der Waals surface area (Å²) in [7, 11) is 0. The van der Waals surface area contributed by atoms with Crippen molar-refractivity contribution in [2.24, 2.45) is 0 Å². The predicted octanol–water partition coefficient (Wildman–Crippen LogP) is 0.948. The van der Waals surface area contributed by atoms with Gasteiger partial charge in [0.2, 0.25) is 5.91 Å². The molecule has 1 N–H and O–H groups in total. The number of hydrogen-bond donors (Lipinski definition) is 1. The van der Waals surface area contributed by atoms with Crippen LogP contribution in [0.3, 0.4) is 0 Å². The van der Waals surface area contributed by atoms with Gasteiger partial charge >= 0.3 is 0 Å². The molecule has 1 heterocycles. The van der Waals surface area contributed by atoms with Gasteiger partial charge < -0.3 is 5.32 Å². The van der Waals surface area contributed by atoms with Crippen molar-refractivity contribution in [1.82, 2.24) is 10.2 Å². The van der Waals surface area contributed by atoms with Crippen LogP contribution in [0, 0.1) is 0 Å². The van der Waals surface area contributed by atoms with E-state index in [9.17, 15) is 4.79 Å². The summed E-state index contributed by atoms with van der Waals surface area (Å²) in [5, 5.41) is 2.95. The standard InChI is InChI=1S/C10H20N2OS/c1-8(2)11-10(13)9(3)12-4-6-14-7-5-12/h8-9H,4-7H2,1-3H3,(H,11,13)/t9-/m0/s1. The topological polar surface area (TPSA) is 32.3 Å². The zero-order valence-electron chi connectivity index (χ0n) is 9.25. The van der Waals surface area contributed by atoms with Crippen LogP contribution in [0.5, 0.6) is 0 Å². The summed E-state index contributed by atoms with van der Waals surface area (Å²) in [6.07, 6.45) is 0. The number of hydrogen-bond acceptors (Lipinski definition) is 3. The third-order valence-corrected chi connectivity index (χ3v) is 3.35. The molecule has 0 spiro atoms. The zero-order chi connectivity index (χ0) is 10.6. The van der Waals surface area contributed by atoms with Gasteiger partial charge in [-0.05, 0) is 20.8 Å². The molecule has 4 heteroatoms. The van der Waals surface area contributed by atoms with Gasteiger partial charge in [0.15, 0.2) is 0 Å². The second-order valence-corrected chi connectivity index (χ2v) is 5.21. The molecular weight excluding hydrogens is 196 g/mol. The monoisotopic (exact) mass is 216 g/mol. The third kappa shape index (κ3) is 3.50. The van der Waals surface area contributed by atoms with Crippen LogP contribution in [0.15, 0.2) is 0 Å². The molecule has 0 radical (unpaired) electrons. The van der Waals surface area contributed by atoms with Crippen molar-refractivity contribution in [3.8, 4) is 0 Å². The van der Waals surface area contributed by atoms with Gasteiger partial charge in [0.25, 0.3) is 0 Å². The Kier molecular flexibility index (Phi) is 4.75. The van der Waals surface area contributed by atoms with Crippen LogP contribution in [0.2, 0.25) is 0 Å². The van der Waals surface area contributed by atoms with E-state index in [4.69, 9.17) is 0 Å². The predicted molar refractivity (Wildman–Crippen MR) is 61.6 cm³/mol. The molecule has 0 saturated carbocycles. The summed E-state index contributed by atoms with van der Waals surface area (Å²) >= 11 is 1.97. The number of thioether (sulfide) groups is 1. The van der Waals surface area contributed by atoms with Crippen molar-refractivity contribution < 1.29 is 4.79 Å². The Morgan fingerprint density at radius 3 is 2.36 bits per heavy atom. The molecule has 0 aromatic heterocycles. The van der Waals surface area contributed by atoms with Gasteiger partial charge in [0.05, 0.1) is 6.04 Å². The Labute approximate surface area is 90.6 Å². The fourth-order valence-electron chi connectivity index (χ4n) is 1.54. The van der Waals surface area contributed by atoms with Crippen LogP contribution >= 0.6 is 11.8 Å². The molecule has 0 aromatic carbocycles. The Morgan fingerprint density at radius 2 is 1.86 bits per heavy atom. The Balaban J connectivity index is 2.38. The number of amides is 1. The number of nitrogens with zero attached hydrogens (tertiary/aromatic N) is 1. The minimum Gasteiger partial charge on any atom is -0.353 e. The Bertz CT molecular complexity index is 191. The molecule has 1 fully saturated rings. The van der Waals surface area contributed by atoms with E-state index < -0.39 is 0 Å². The van der Waals surface area contributed by atoms with Crippen molar-refractivity contribution in [2.75, 3.05) is 24.6 Å². The van der Waals surface area contributed by atoms with Crippen LogP contribution < -0.4 is 5.32 Å². The van der Waals surface area contributed by atoms with Crippen molar-refractivity contribution in [3.05, 3.63) is 0 Å². The van der Waals surface area contributed by atoms with E-state index in [1.807, 2.05) is 32.5 Å². The molecule has 0 aliphatic carbocycles. The second kappa shape index (κ2) is 5.61.